The van der Waals surface area contributed by atoms with E-state index in [0.717, 1.165) is 31.5 Å². The lowest BCUT2D eigenvalue weighted by Crippen LogP contribution is -2.39. The maximum atomic E-state index is 12.9. The first kappa shape index (κ1) is 17.4. The molecule has 4 aromatic rings. The molecule has 3 heterocycles. The Morgan fingerprint density at radius 2 is 1.81 bits per heavy atom. The summed E-state index contributed by atoms with van der Waals surface area (Å²) in [5.41, 5.74) is -2.17. The summed E-state index contributed by atoms with van der Waals surface area (Å²) in [6, 6.07) is 9.16. The number of benzene rings is 1. The van der Waals surface area contributed by atoms with Crippen molar-refractivity contribution in [1.82, 2.24) is 19.1 Å². The molecule has 0 amide bonds. The highest BCUT2D eigenvalue weighted by Gasteiger charge is 2.33. The lowest BCUT2D eigenvalue weighted by atomic mass is 10.2. The zero-order valence-corrected chi connectivity index (χ0v) is 14.6. The Hall–Kier alpha value is -3.01. The summed E-state index contributed by atoms with van der Waals surface area (Å²) in [5, 5.41) is 0.487. The summed E-state index contributed by atoms with van der Waals surface area (Å²) in [6.45, 7) is -0.0676. The third-order valence-electron chi connectivity index (χ3n) is 4.11. The zero-order chi connectivity index (χ0) is 19.3. The van der Waals surface area contributed by atoms with Crippen LogP contribution in [-0.2, 0) is 19.8 Å². The van der Waals surface area contributed by atoms with Crippen LogP contribution in [0.1, 0.15) is 10.7 Å². The van der Waals surface area contributed by atoms with E-state index in [2.05, 4.69) is 9.97 Å². The van der Waals surface area contributed by atoms with Gasteiger partial charge in [-0.1, -0.05) is 12.1 Å². The summed E-state index contributed by atoms with van der Waals surface area (Å²) in [7, 11) is 1.28. The standard InChI is InChI=1S/C17H11F3N4O2S/c1-23-14-9(6-7-12(22-14)17(18,19)20)15(25)24(16(23)26)8-13-21-10-4-2-3-5-11(10)27-13/h2-7H,8H2,1H3. The SMILES string of the molecule is Cn1c(=O)n(Cc2nc3ccccc3s2)c(=O)c2ccc(C(F)(F)F)nc21. The van der Waals surface area contributed by atoms with E-state index >= 15 is 0 Å². The first-order valence-electron chi connectivity index (χ1n) is 7.78. The van der Waals surface area contributed by atoms with Gasteiger partial charge in [-0.15, -0.1) is 11.3 Å². The quantitative estimate of drug-likeness (QED) is 0.526. The van der Waals surface area contributed by atoms with Crippen LogP contribution in [-0.4, -0.2) is 19.1 Å². The fourth-order valence-corrected chi connectivity index (χ4v) is 3.75. The number of pyridine rings is 1. The maximum absolute atomic E-state index is 12.9. The Balaban J connectivity index is 1.88. The van der Waals surface area contributed by atoms with E-state index in [4.69, 9.17) is 0 Å². The minimum absolute atomic E-state index is 0.0637. The molecule has 0 spiro atoms. The second-order valence-corrected chi connectivity index (χ2v) is 6.99. The van der Waals surface area contributed by atoms with Crippen LogP contribution < -0.4 is 11.2 Å². The number of alkyl halides is 3. The van der Waals surface area contributed by atoms with Crippen molar-refractivity contribution in [3.05, 3.63) is 67.9 Å². The van der Waals surface area contributed by atoms with Crippen LogP contribution in [0, 0.1) is 0 Å². The summed E-state index contributed by atoms with van der Waals surface area (Å²) < 4.78 is 41.4. The Bertz CT molecular complexity index is 1270. The highest BCUT2D eigenvalue weighted by Crippen LogP contribution is 2.28. The predicted molar refractivity (Wildman–Crippen MR) is 95.0 cm³/mol. The van der Waals surface area contributed by atoms with Crippen molar-refractivity contribution < 1.29 is 13.2 Å². The molecule has 0 aliphatic heterocycles. The van der Waals surface area contributed by atoms with Crippen molar-refractivity contribution in [2.45, 2.75) is 12.7 Å². The van der Waals surface area contributed by atoms with E-state index in [1.807, 2.05) is 24.3 Å². The number of aromatic nitrogens is 4. The first-order chi connectivity index (χ1) is 12.8. The minimum atomic E-state index is -4.67. The van der Waals surface area contributed by atoms with Gasteiger partial charge in [0.15, 0.2) is 0 Å². The van der Waals surface area contributed by atoms with Crippen LogP contribution in [0.3, 0.4) is 0 Å². The van der Waals surface area contributed by atoms with Crippen LogP contribution in [0.15, 0.2) is 46.0 Å². The molecule has 0 aliphatic rings. The molecule has 10 heteroatoms. The Kier molecular flexibility index (Phi) is 3.88. The first-order valence-corrected chi connectivity index (χ1v) is 8.59. The molecule has 0 fully saturated rings. The number of hydrogen-bond donors (Lipinski definition) is 0. The minimum Gasteiger partial charge on any atom is -0.280 e. The molecule has 0 saturated heterocycles. The third kappa shape index (κ3) is 2.91. The smallest absolute Gasteiger partial charge is 0.280 e. The Morgan fingerprint density at radius 1 is 1.07 bits per heavy atom. The lowest BCUT2D eigenvalue weighted by Gasteiger charge is -2.11. The van der Waals surface area contributed by atoms with E-state index in [9.17, 15) is 22.8 Å². The molecule has 0 N–H and O–H groups in total. The van der Waals surface area contributed by atoms with Crippen molar-refractivity contribution in [3.8, 4) is 0 Å². The van der Waals surface area contributed by atoms with E-state index in [-0.39, 0.29) is 17.6 Å². The predicted octanol–water partition coefficient (Wildman–Crippen LogP) is 2.77. The molecule has 3 aromatic heterocycles. The van der Waals surface area contributed by atoms with E-state index in [1.54, 1.807) is 0 Å². The second-order valence-electron chi connectivity index (χ2n) is 5.87. The summed E-state index contributed by atoms with van der Waals surface area (Å²) >= 11 is 1.34. The highest BCUT2D eigenvalue weighted by molar-refractivity contribution is 7.18. The Labute approximate surface area is 153 Å². The normalized spacial score (nSPS) is 12.1. The summed E-state index contributed by atoms with van der Waals surface area (Å²) in [4.78, 5) is 33.1. The van der Waals surface area contributed by atoms with Crippen molar-refractivity contribution in [1.29, 1.82) is 0 Å². The molecule has 0 aliphatic carbocycles. The van der Waals surface area contributed by atoms with Gasteiger partial charge >= 0.3 is 11.9 Å². The van der Waals surface area contributed by atoms with Crippen molar-refractivity contribution in [2.75, 3.05) is 0 Å². The molecular formula is C17H11F3N4O2S. The summed E-state index contributed by atoms with van der Waals surface area (Å²) in [6.07, 6.45) is -4.67. The molecule has 27 heavy (non-hydrogen) atoms. The van der Waals surface area contributed by atoms with Gasteiger partial charge in [-0.05, 0) is 24.3 Å². The molecule has 6 nitrogen and oxygen atoms in total. The molecule has 1 aromatic carbocycles. The monoisotopic (exact) mass is 392 g/mol. The maximum Gasteiger partial charge on any atom is 0.433 e. The number of rotatable bonds is 2. The van der Waals surface area contributed by atoms with Gasteiger partial charge in [0.1, 0.15) is 16.3 Å². The second kappa shape index (κ2) is 6.02. The van der Waals surface area contributed by atoms with Gasteiger partial charge in [0.2, 0.25) is 0 Å². The van der Waals surface area contributed by atoms with Gasteiger partial charge in [-0.3, -0.25) is 13.9 Å². The van der Waals surface area contributed by atoms with Crippen LogP contribution in [0.4, 0.5) is 13.2 Å². The third-order valence-corrected chi connectivity index (χ3v) is 5.13. The van der Waals surface area contributed by atoms with Crippen LogP contribution >= 0.6 is 11.3 Å². The molecule has 0 bridgehead atoms. The van der Waals surface area contributed by atoms with Gasteiger partial charge in [-0.2, -0.15) is 13.2 Å². The number of para-hydroxylation sites is 1. The molecule has 138 valence electrons. The van der Waals surface area contributed by atoms with Gasteiger partial charge in [-0.25, -0.2) is 14.8 Å². The molecule has 0 saturated carbocycles. The van der Waals surface area contributed by atoms with Crippen LogP contribution in [0.2, 0.25) is 0 Å². The highest BCUT2D eigenvalue weighted by atomic mass is 32.1. The van der Waals surface area contributed by atoms with E-state index < -0.39 is 23.1 Å². The Morgan fingerprint density at radius 3 is 2.52 bits per heavy atom. The number of hydrogen-bond acceptors (Lipinski definition) is 5. The fraction of sp³-hybridized carbons (Fsp3) is 0.176. The number of halogens is 3. The van der Waals surface area contributed by atoms with Gasteiger partial charge in [0, 0.05) is 7.05 Å². The van der Waals surface area contributed by atoms with Gasteiger partial charge in [0.25, 0.3) is 5.56 Å². The molecule has 0 atom stereocenters. The van der Waals surface area contributed by atoms with Crippen molar-refractivity contribution >= 4 is 32.6 Å². The summed E-state index contributed by atoms with van der Waals surface area (Å²) in [5.74, 6) is 0. The molecular weight excluding hydrogens is 381 g/mol. The van der Waals surface area contributed by atoms with Crippen LogP contribution in [0.5, 0.6) is 0 Å². The van der Waals surface area contributed by atoms with Gasteiger partial charge < -0.3 is 0 Å². The average Bonchev–Trinajstić information content (AvgIpc) is 3.04. The lowest BCUT2D eigenvalue weighted by molar-refractivity contribution is -0.141. The van der Waals surface area contributed by atoms with Crippen molar-refractivity contribution in [2.24, 2.45) is 7.05 Å². The van der Waals surface area contributed by atoms with E-state index in [0.29, 0.717) is 5.01 Å². The average molecular weight is 392 g/mol. The number of nitrogens with zero attached hydrogens (tertiary/aromatic N) is 4. The van der Waals surface area contributed by atoms with E-state index in [1.165, 1.54) is 18.4 Å². The molecule has 4 rings (SSSR count). The largest absolute Gasteiger partial charge is 0.433 e. The zero-order valence-electron chi connectivity index (χ0n) is 13.8. The van der Waals surface area contributed by atoms with Gasteiger partial charge in [0.05, 0.1) is 22.1 Å². The van der Waals surface area contributed by atoms with Crippen molar-refractivity contribution in [3.63, 3.8) is 0 Å². The number of aryl methyl sites for hydroxylation is 1. The topological polar surface area (TPSA) is 69.8 Å². The fourth-order valence-electron chi connectivity index (χ4n) is 2.80. The molecule has 0 radical (unpaired) electrons. The van der Waals surface area contributed by atoms with Crippen LogP contribution in [0.25, 0.3) is 21.3 Å². The number of thiazole rings is 1. The molecule has 0 unspecified atom stereocenters. The number of fused-ring (bicyclic) bond motifs is 2.